The number of anilines is 1. The third-order valence-corrected chi connectivity index (χ3v) is 3.24. The van der Waals surface area contributed by atoms with Crippen LogP contribution in [-0.2, 0) is 6.54 Å². The van der Waals surface area contributed by atoms with Crippen molar-refractivity contribution >= 4 is 17.4 Å². The molecule has 0 fully saturated rings. The number of allylic oxidation sites excluding steroid dienone is 1. The highest BCUT2D eigenvalue weighted by atomic mass is 35.5. The van der Waals surface area contributed by atoms with Crippen LogP contribution in [0.5, 0.6) is 0 Å². The highest BCUT2D eigenvalue weighted by Gasteiger charge is 2.11. The van der Waals surface area contributed by atoms with Gasteiger partial charge in [-0.05, 0) is 45.2 Å². The number of hydrogen-bond donors (Lipinski definition) is 1. The molecular weight excluding hydrogens is 270 g/mol. The number of nitrogens with zero attached hydrogens (tertiary/aromatic N) is 2. The fourth-order valence-electron chi connectivity index (χ4n) is 1.79. The molecule has 0 amide bonds. The van der Waals surface area contributed by atoms with Crippen LogP contribution >= 0.6 is 11.6 Å². The van der Waals surface area contributed by atoms with E-state index < -0.39 is 0 Å². The summed E-state index contributed by atoms with van der Waals surface area (Å²) in [4.78, 5) is 6.58. The molecule has 1 aromatic heterocycles. The minimum atomic E-state index is 0.0899. The third-order valence-electron chi connectivity index (χ3n) is 2.96. The third kappa shape index (κ3) is 5.93. The van der Waals surface area contributed by atoms with E-state index in [9.17, 15) is 0 Å². The summed E-state index contributed by atoms with van der Waals surface area (Å²) in [5, 5.41) is 4.14. The van der Waals surface area contributed by atoms with Crippen LogP contribution in [0.4, 0.5) is 5.82 Å². The predicted octanol–water partition coefficient (Wildman–Crippen LogP) is 4.03. The highest BCUT2D eigenvalue weighted by molar-refractivity contribution is 6.33. The summed E-state index contributed by atoms with van der Waals surface area (Å²) in [7, 11) is 2.02. The van der Waals surface area contributed by atoms with E-state index in [2.05, 4.69) is 42.6 Å². The smallest absolute Gasteiger partial charge is 0.147 e. The minimum absolute atomic E-state index is 0.0899. The Morgan fingerprint density at radius 3 is 2.70 bits per heavy atom. The van der Waals surface area contributed by atoms with Gasteiger partial charge in [0, 0.05) is 31.9 Å². The second kappa shape index (κ2) is 7.65. The standard InChI is InChI=1S/C16H26ClN3/c1-6-7-8-9-20(5)15-14(17)10-13(11-18-15)12-19-16(2,3)4/h6,10-11,19H,1,7-9,12H2,2-5H3. The highest BCUT2D eigenvalue weighted by Crippen LogP contribution is 2.23. The average molecular weight is 296 g/mol. The van der Waals surface area contributed by atoms with Gasteiger partial charge in [0.25, 0.3) is 0 Å². The molecule has 0 saturated carbocycles. The van der Waals surface area contributed by atoms with Crippen LogP contribution in [0.25, 0.3) is 0 Å². The van der Waals surface area contributed by atoms with E-state index in [1.165, 1.54) is 0 Å². The number of rotatable bonds is 7. The van der Waals surface area contributed by atoms with Gasteiger partial charge in [-0.2, -0.15) is 0 Å². The van der Waals surface area contributed by atoms with Crippen molar-refractivity contribution in [1.82, 2.24) is 10.3 Å². The van der Waals surface area contributed by atoms with E-state index in [1.807, 2.05) is 25.4 Å². The lowest BCUT2D eigenvalue weighted by Crippen LogP contribution is -2.35. The van der Waals surface area contributed by atoms with Crippen LogP contribution in [0, 0.1) is 0 Å². The second-order valence-corrected chi connectivity index (χ2v) is 6.51. The van der Waals surface area contributed by atoms with Crippen molar-refractivity contribution in [2.75, 3.05) is 18.5 Å². The molecule has 0 saturated heterocycles. The molecule has 1 rings (SSSR count). The van der Waals surface area contributed by atoms with Gasteiger partial charge in [-0.1, -0.05) is 17.7 Å². The van der Waals surface area contributed by atoms with Crippen molar-refractivity contribution in [2.45, 2.75) is 45.7 Å². The molecule has 0 radical (unpaired) electrons. The summed E-state index contributed by atoms with van der Waals surface area (Å²) in [6, 6.07) is 1.99. The van der Waals surface area contributed by atoms with Crippen molar-refractivity contribution in [3.63, 3.8) is 0 Å². The SMILES string of the molecule is C=CCCCN(C)c1ncc(CNC(C)(C)C)cc1Cl. The van der Waals surface area contributed by atoms with Crippen LogP contribution in [0.3, 0.4) is 0 Å². The topological polar surface area (TPSA) is 28.2 Å². The molecule has 20 heavy (non-hydrogen) atoms. The number of halogens is 1. The lowest BCUT2D eigenvalue weighted by atomic mass is 10.1. The number of unbranched alkanes of at least 4 members (excludes halogenated alkanes) is 1. The molecule has 112 valence electrons. The largest absolute Gasteiger partial charge is 0.358 e. The Hall–Kier alpha value is -1.06. The van der Waals surface area contributed by atoms with Crippen LogP contribution in [0.1, 0.15) is 39.2 Å². The maximum atomic E-state index is 6.33. The molecule has 0 unspecified atom stereocenters. The van der Waals surface area contributed by atoms with Crippen molar-refractivity contribution in [1.29, 1.82) is 0 Å². The molecule has 1 heterocycles. The molecule has 0 aliphatic carbocycles. The zero-order valence-electron chi connectivity index (χ0n) is 13.0. The molecule has 0 aliphatic rings. The van der Waals surface area contributed by atoms with E-state index in [0.29, 0.717) is 5.02 Å². The van der Waals surface area contributed by atoms with Crippen LogP contribution in [0.2, 0.25) is 5.02 Å². The first-order valence-corrected chi connectivity index (χ1v) is 7.43. The Morgan fingerprint density at radius 1 is 1.45 bits per heavy atom. The van der Waals surface area contributed by atoms with Gasteiger partial charge in [0.2, 0.25) is 0 Å². The zero-order chi connectivity index (χ0) is 15.2. The molecule has 0 aliphatic heterocycles. The normalized spacial score (nSPS) is 11.4. The first-order valence-electron chi connectivity index (χ1n) is 7.05. The number of pyridine rings is 1. The quantitative estimate of drug-likeness (QED) is 0.608. The summed E-state index contributed by atoms with van der Waals surface area (Å²) < 4.78 is 0. The Kier molecular flexibility index (Phi) is 6.50. The monoisotopic (exact) mass is 295 g/mol. The lowest BCUT2D eigenvalue weighted by Gasteiger charge is -2.22. The summed E-state index contributed by atoms with van der Waals surface area (Å²) in [5.41, 5.74) is 1.19. The first kappa shape index (κ1) is 17.0. The molecular formula is C16H26ClN3. The van der Waals surface area contributed by atoms with Gasteiger partial charge in [0.05, 0.1) is 5.02 Å². The fourth-order valence-corrected chi connectivity index (χ4v) is 2.13. The van der Waals surface area contributed by atoms with Crippen molar-refractivity contribution in [3.05, 3.63) is 35.5 Å². The van der Waals surface area contributed by atoms with Crippen LogP contribution in [0.15, 0.2) is 24.9 Å². The van der Waals surface area contributed by atoms with Gasteiger partial charge >= 0.3 is 0 Å². The van der Waals surface area contributed by atoms with E-state index in [-0.39, 0.29) is 5.54 Å². The lowest BCUT2D eigenvalue weighted by molar-refractivity contribution is 0.424. The molecule has 0 aromatic carbocycles. The molecule has 3 nitrogen and oxygen atoms in total. The average Bonchev–Trinajstić information content (AvgIpc) is 2.35. The van der Waals surface area contributed by atoms with Crippen LogP contribution < -0.4 is 10.2 Å². The van der Waals surface area contributed by atoms with Gasteiger partial charge in [-0.25, -0.2) is 4.98 Å². The molecule has 0 bridgehead atoms. The summed E-state index contributed by atoms with van der Waals surface area (Å²) in [6.45, 7) is 11.9. The number of hydrogen-bond acceptors (Lipinski definition) is 3. The Morgan fingerprint density at radius 2 is 2.15 bits per heavy atom. The minimum Gasteiger partial charge on any atom is -0.358 e. The zero-order valence-corrected chi connectivity index (χ0v) is 13.8. The maximum Gasteiger partial charge on any atom is 0.147 e. The Balaban J connectivity index is 2.65. The molecule has 1 aromatic rings. The van der Waals surface area contributed by atoms with Gasteiger partial charge < -0.3 is 10.2 Å². The predicted molar refractivity (Wildman–Crippen MR) is 88.5 cm³/mol. The maximum absolute atomic E-state index is 6.33. The summed E-state index contributed by atoms with van der Waals surface area (Å²) >= 11 is 6.33. The number of nitrogens with one attached hydrogen (secondary N) is 1. The molecule has 1 N–H and O–H groups in total. The van der Waals surface area contributed by atoms with Crippen LogP contribution in [-0.4, -0.2) is 24.1 Å². The fraction of sp³-hybridized carbons (Fsp3) is 0.562. The van der Waals surface area contributed by atoms with Crippen molar-refractivity contribution in [2.24, 2.45) is 0 Å². The second-order valence-electron chi connectivity index (χ2n) is 6.11. The summed E-state index contributed by atoms with van der Waals surface area (Å²) in [6.07, 6.45) is 5.90. The van der Waals surface area contributed by atoms with Gasteiger partial charge in [0.1, 0.15) is 5.82 Å². The Labute approximate surface area is 128 Å². The molecule has 0 atom stereocenters. The van der Waals surface area contributed by atoms with E-state index >= 15 is 0 Å². The number of aromatic nitrogens is 1. The summed E-state index contributed by atoms with van der Waals surface area (Å²) in [5.74, 6) is 0.843. The van der Waals surface area contributed by atoms with Gasteiger partial charge in [-0.3, -0.25) is 0 Å². The van der Waals surface area contributed by atoms with Crippen molar-refractivity contribution in [3.8, 4) is 0 Å². The van der Waals surface area contributed by atoms with E-state index in [0.717, 1.165) is 37.3 Å². The van der Waals surface area contributed by atoms with E-state index in [4.69, 9.17) is 11.6 Å². The Bertz CT molecular complexity index is 438. The van der Waals surface area contributed by atoms with Gasteiger partial charge in [-0.15, -0.1) is 6.58 Å². The molecule has 0 spiro atoms. The van der Waals surface area contributed by atoms with Crippen molar-refractivity contribution < 1.29 is 0 Å². The van der Waals surface area contributed by atoms with E-state index in [1.54, 1.807) is 0 Å². The van der Waals surface area contributed by atoms with Gasteiger partial charge in [0.15, 0.2) is 0 Å². The first-order chi connectivity index (χ1) is 9.33. The molecule has 4 heteroatoms.